The maximum absolute atomic E-state index is 9.54. The molecule has 3 nitrogen and oxygen atoms in total. The maximum atomic E-state index is 9.54. The van der Waals surface area contributed by atoms with E-state index in [0.29, 0.717) is 11.0 Å². The summed E-state index contributed by atoms with van der Waals surface area (Å²) in [7, 11) is 0. The molecule has 0 saturated heterocycles. The SMILES string of the molecule is NCC1(c2cc(O)c(O)c(Br)c2)CCC1. The Morgan fingerprint density at radius 3 is 2.40 bits per heavy atom. The van der Waals surface area contributed by atoms with E-state index in [1.165, 1.54) is 6.42 Å². The number of hydrogen-bond acceptors (Lipinski definition) is 3. The Labute approximate surface area is 97.0 Å². The van der Waals surface area contributed by atoms with Crippen molar-refractivity contribution in [2.45, 2.75) is 24.7 Å². The van der Waals surface area contributed by atoms with E-state index in [1.807, 2.05) is 6.07 Å². The van der Waals surface area contributed by atoms with Gasteiger partial charge in [0.05, 0.1) is 4.47 Å². The highest BCUT2D eigenvalue weighted by molar-refractivity contribution is 9.10. The Morgan fingerprint density at radius 2 is 2.00 bits per heavy atom. The van der Waals surface area contributed by atoms with Gasteiger partial charge in [-0.05, 0) is 46.5 Å². The van der Waals surface area contributed by atoms with E-state index in [9.17, 15) is 10.2 Å². The Morgan fingerprint density at radius 1 is 1.33 bits per heavy atom. The number of phenolic OH excluding ortho intramolecular Hbond substituents is 2. The zero-order valence-electron chi connectivity index (χ0n) is 8.33. The topological polar surface area (TPSA) is 66.5 Å². The zero-order valence-corrected chi connectivity index (χ0v) is 9.92. The van der Waals surface area contributed by atoms with E-state index in [0.717, 1.165) is 18.4 Å². The predicted octanol–water partition coefficient (Wildman–Crippen LogP) is 2.24. The minimum Gasteiger partial charge on any atom is -0.504 e. The average Bonchev–Trinajstić information content (AvgIpc) is 2.13. The van der Waals surface area contributed by atoms with Crippen molar-refractivity contribution in [2.24, 2.45) is 5.73 Å². The maximum Gasteiger partial charge on any atom is 0.171 e. The number of aromatic hydroxyl groups is 2. The van der Waals surface area contributed by atoms with Crippen molar-refractivity contribution in [1.82, 2.24) is 0 Å². The molecule has 0 aliphatic heterocycles. The lowest BCUT2D eigenvalue weighted by Gasteiger charge is -2.41. The molecule has 0 heterocycles. The fourth-order valence-corrected chi connectivity index (χ4v) is 2.55. The molecule has 4 N–H and O–H groups in total. The largest absolute Gasteiger partial charge is 0.504 e. The summed E-state index contributed by atoms with van der Waals surface area (Å²) in [6, 6.07) is 3.47. The summed E-state index contributed by atoms with van der Waals surface area (Å²) in [6.07, 6.45) is 3.29. The summed E-state index contributed by atoms with van der Waals surface area (Å²) in [4.78, 5) is 0. The second-order valence-corrected chi connectivity index (χ2v) is 5.02. The van der Waals surface area contributed by atoms with Crippen molar-refractivity contribution in [1.29, 1.82) is 0 Å². The highest BCUT2D eigenvalue weighted by atomic mass is 79.9. The fourth-order valence-electron chi connectivity index (χ4n) is 2.10. The number of phenols is 2. The van der Waals surface area contributed by atoms with Crippen molar-refractivity contribution < 1.29 is 10.2 Å². The van der Waals surface area contributed by atoms with Gasteiger partial charge in [0.1, 0.15) is 0 Å². The monoisotopic (exact) mass is 271 g/mol. The predicted molar refractivity (Wildman–Crippen MR) is 62.1 cm³/mol. The third kappa shape index (κ3) is 1.62. The molecule has 0 aromatic heterocycles. The van der Waals surface area contributed by atoms with Gasteiger partial charge in [-0.2, -0.15) is 0 Å². The second-order valence-electron chi connectivity index (χ2n) is 4.16. The van der Waals surface area contributed by atoms with Crippen LogP contribution < -0.4 is 5.73 Å². The van der Waals surface area contributed by atoms with Crippen LogP contribution in [0.4, 0.5) is 0 Å². The number of nitrogens with two attached hydrogens (primary N) is 1. The zero-order chi connectivity index (χ0) is 11.1. The molecule has 1 aliphatic rings. The van der Waals surface area contributed by atoms with Crippen molar-refractivity contribution in [3.63, 3.8) is 0 Å². The van der Waals surface area contributed by atoms with Crippen LogP contribution in [-0.2, 0) is 5.41 Å². The minimum absolute atomic E-state index is 0.00764. The van der Waals surface area contributed by atoms with Crippen LogP contribution >= 0.6 is 15.9 Å². The quantitative estimate of drug-likeness (QED) is 0.723. The van der Waals surface area contributed by atoms with E-state index in [4.69, 9.17) is 5.73 Å². The molecule has 0 radical (unpaired) electrons. The number of halogens is 1. The fraction of sp³-hybridized carbons (Fsp3) is 0.455. The lowest BCUT2D eigenvalue weighted by atomic mass is 9.64. The molecule has 0 bridgehead atoms. The van der Waals surface area contributed by atoms with E-state index in [-0.39, 0.29) is 16.9 Å². The van der Waals surface area contributed by atoms with E-state index in [2.05, 4.69) is 15.9 Å². The van der Waals surface area contributed by atoms with Crippen LogP contribution in [0.5, 0.6) is 11.5 Å². The van der Waals surface area contributed by atoms with E-state index < -0.39 is 0 Å². The number of rotatable bonds is 2. The Hall–Kier alpha value is -0.740. The van der Waals surface area contributed by atoms with Crippen LogP contribution in [0.25, 0.3) is 0 Å². The van der Waals surface area contributed by atoms with E-state index in [1.54, 1.807) is 6.07 Å². The van der Waals surface area contributed by atoms with Gasteiger partial charge in [-0.25, -0.2) is 0 Å². The molecule has 1 fully saturated rings. The minimum atomic E-state index is -0.106. The molecule has 1 aliphatic carbocycles. The molecule has 1 saturated carbocycles. The number of benzene rings is 1. The third-order valence-electron chi connectivity index (χ3n) is 3.36. The normalized spacial score (nSPS) is 18.5. The van der Waals surface area contributed by atoms with Crippen LogP contribution in [0.3, 0.4) is 0 Å². The van der Waals surface area contributed by atoms with Gasteiger partial charge in [0.15, 0.2) is 11.5 Å². The molecule has 0 spiro atoms. The van der Waals surface area contributed by atoms with Crippen molar-refractivity contribution >= 4 is 15.9 Å². The molecule has 2 rings (SSSR count). The van der Waals surface area contributed by atoms with Gasteiger partial charge in [-0.3, -0.25) is 0 Å². The van der Waals surface area contributed by atoms with Crippen LogP contribution in [-0.4, -0.2) is 16.8 Å². The van der Waals surface area contributed by atoms with Gasteiger partial charge in [0, 0.05) is 12.0 Å². The molecule has 0 unspecified atom stereocenters. The van der Waals surface area contributed by atoms with Crippen molar-refractivity contribution in [3.8, 4) is 11.5 Å². The van der Waals surface area contributed by atoms with Gasteiger partial charge in [0.25, 0.3) is 0 Å². The van der Waals surface area contributed by atoms with Crippen LogP contribution in [0.2, 0.25) is 0 Å². The van der Waals surface area contributed by atoms with Crippen LogP contribution in [0.1, 0.15) is 24.8 Å². The van der Waals surface area contributed by atoms with E-state index >= 15 is 0 Å². The van der Waals surface area contributed by atoms with Gasteiger partial charge in [-0.15, -0.1) is 0 Å². The Balaban J connectivity index is 2.45. The van der Waals surface area contributed by atoms with Crippen LogP contribution in [0, 0.1) is 0 Å². The summed E-state index contributed by atoms with van der Waals surface area (Å²) >= 11 is 3.22. The lowest BCUT2D eigenvalue weighted by molar-refractivity contribution is 0.251. The molecule has 1 aromatic carbocycles. The van der Waals surface area contributed by atoms with Crippen molar-refractivity contribution in [2.75, 3.05) is 6.54 Å². The molecule has 15 heavy (non-hydrogen) atoms. The Bertz CT molecular complexity index is 360. The third-order valence-corrected chi connectivity index (χ3v) is 3.96. The summed E-state index contributed by atoms with van der Waals surface area (Å²) < 4.78 is 0.525. The van der Waals surface area contributed by atoms with Crippen LogP contribution in [0.15, 0.2) is 16.6 Å². The first kappa shape index (κ1) is 10.8. The second kappa shape index (κ2) is 3.68. The smallest absolute Gasteiger partial charge is 0.171 e. The summed E-state index contributed by atoms with van der Waals surface area (Å²) in [5, 5.41) is 19.0. The summed E-state index contributed by atoms with van der Waals surface area (Å²) in [5.74, 6) is -0.190. The highest BCUT2D eigenvalue weighted by Crippen LogP contribution is 2.46. The molecule has 82 valence electrons. The first-order chi connectivity index (χ1) is 7.09. The molecule has 0 amide bonds. The van der Waals surface area contributed by atoms with Gasteiger partial charge < -0.3 is 15.9 Å². The summed E-state index contributed by atoms with van der Waals surface area (Å²) in [5.41, 5.74) is 6.80. The molecular weight excluding hydrogens is 258 g/mol. The standard InChI is InChI=1S/C11H14BrNO2/c12-8-4-7(5-9(14)10(8)15)11(6-13)2-1-3-11/h4-5,14-15H,1-3,6,13H2. The summed E-state index contributed by atoms with van der Waals surface area (Å²) in [6.45, 7) is 0.587. The first-order valence-electron chi connectivity index (χ1n) is 5.01. The lowest BCUT2D eigenvalue weighted by Crippen LogP contribution is -2.41. The van der Waals surface area contributed by atoms with Crippen molar-refractivity contribution in [3.05, 3.63) is 22.2 Å². The molecule has 1 aromatic rings. The first-order valence-corrected chi connectivity index (χ1v) is 5.80. The number of hydrogen-bond donors (Lipinski definition) is 3. The molecular formula is C11H14BrNO2. The van der Waals surface area contributed by atoms with Gasteiger partial charge in [-0.1, -0.05) is 6.42 Å². The molecule has 4 heteroatoms. The highest BCUT2D eigenvalue weighted by Gasteiger charge is 2.38. The van der Waals surface area contributed by atoms with Gasteiger partial charge >= 0.3 is 0 Å². The average molecular weight is 272 g/mol. The molecule has 0 atom stereocenters. The Kier molecular flexibility index (Phi) is 2.64. The van der Waals surface area contributed by atoms with Gasteiger partial charge in [0.2, 0.25) is 0 Å².